The number of nitrogens with one attached hydrogen (secondary N) is 2. The van der Waals surface area contributed by atoms with Crippen molar-refractivity contribution >= 4 is 17.3 Å². The van der Waals surface area contributed by atoms with Gasteiger partial charge in [-0.05, 0) is 20.3 Å². The van der Waals surface area contributed by atoms with E-state index in [1.807, 2.05) is 20.8 Å². The van der Waals surface area contributed by atoms with E-state index < -0.39 is 4.92 Å². The number of amides is 1. The highest BCUT2D eigenvalue weighted by molar-refractivity contribution is 5.81. The van der Waals surface area contributed by atoms with Crippen molar-refractivity contribution in [3.63, 3.8) is 0 Å². The van der Waals surface area contributed by atoms with Crippen molar-refractivity contribution in [2.45, 2.75) is 33.2 Å². The highest BCUT2D eigenvalue weighted by atomic mass is 16.6. The van der Waals surface area contributed by atoms with Crippen LogP contribution in [0.2, 0.25) is 0 Å². The second kappa shape index (κ2) is 8.08. The van der Waals surface area contributed by atoms with Gasteiger partial charge < -0.3 is 15.4 Å². The van der Waals surface area contributed by atoms with E-state index >= 15 is 0 Å². The largest absolute Gasteiger partial charge is 0.493 e. The molecule has 1 aromatic rings. The number of benzene rings is 1. The molecule has 0 aromatic heterocycles. The molecule has 116 valence electrons. The van der Waals surface area contributed by atoms with Gasteiger partial charge in [0.25, 0.3) is 5.69 Å². The van der Waals surface area contributed by atoms with Gasteiger partial charge in [-0.15, -0.1) is 0 Å². The molecule has 0 heterocycles. The highest BCUT2D eigenvalue weighted by Crippen LogP contribution is 2.26. The first kappa shape index (κ1) is 16.7. The average Bonchev–Trinajstić information content (AvgIpc) is 2.42. The van der Waals surface area contributed by atoms with E-state index in [1.54, 1.807) is 6.07 Å². The molecule has 1 amide bonds. The molecular formula is C14H21N3O4. The Bertz CT molecular complexity index is 503. The number of ether oxygens (including phenoxy) is 1. The number of nitrogens with zero attached hydrogens (tertiary/aromatic N) is 1. The lowest BCUT2D eigenvalue weighted by Crippen LogP contribution is -2.34. The number of nitro groups is 1. The number of carbonyl (C=O) groups is 1. The molecule has 0 bridgehead atoms. The summed E-state index contributed by atoms with van der Waals surface area (Å²) in [6.07, 6.45) is 0.808. The quantitative estimate of drug-likeness (QED) is 0.567. The van der Waals surface area contributed by atoms with Crippen LogP contribution in [0, 0.1) is 10.1 Å². The Labute approximate surface area is 123 Å². The first-order valence-electron chi connectivity index (χ1n) is 6.88. The Morgan fingerprint density at radius 3 is 2.67 bits per heavy atom. The first-order chi connectivity index (χ1) is 9.92. The van der Waals surface area contributed by atoms with Crippen molar-refractivity contribution in [1.29, 1.82) is 0 Å². The minimum absolute atomic E-state index is 0.0482. The van der Waals surface area contributed by atoms with E-state index in [9.17, 15) is 14.9 Å². The number of nitro benzene ring substituents is 1. The summed E-state index contributed by atoms with van der Waals surface area (Å²) in [5.74, 6) is 0.241. The lowest BCUT2D eigenvalue weighted by Gasteiger charge is -2.11. The van der Waals surface area contributed by atoms with Crippen LogP contribution in [0.4, 0.5) is 11.4 Å². The molecule has 0 aliphatic heterocycles. The summed E-state index contributed by atoms with van der Waals surface area (Å²) >= 11 is 0. The van der Waals surface area contributed by atoms with Gasteiger partial charge in [0.1, 0.15) is 5.75 Å². The second-order valence-corrected chi connectivity index (χ2v) is 4.90. The molecule has 0 saturated heterocycles. The number of non-ortho nitro benzene ring substituents is 1. The van der Waals surface area contributed by atoms with Crippen LogP contribution in [0.1, 0.15) is 27.2 Å². The topological polar surface area (TPSA) is 93.5 Å². The van der Waals surface area contributed by atoms with E-state index in [1.165, 1.54) is 12.1 Å². The fourth-order valence-corrected chi connectivity index (χ4v) is 1.65. The normalized spacial score (nSPS) is 10.3. The van der Waals surface area contributed by atoms with Crippen LogP contribution >= 0.6 is 0 Å². The van der Waals surface area contributed by atoms with E-state index in [4.69, 9.17) is 4.74 Å². The summed E-state index contributed by atoms with van der Waals surface area (Å²) in [4.78, 5) is 22.0. The smallest absolute Gasteiger partial charge is 0.275 e. The summed E-state index contributed by atoms with van der Waals surface area (Å²) in [5.41, 5.74) is 0.407. The molecule has 21 heavy (non-hydrogen) atoms. The number of anilines is 1. The van der Waals surface area contributed by atoms with Gasteiger partial charge in [0.2, 0.25) is 5.91 Å². The van der Waals surface area contributed by atoms with Gasteiger partial charge in [-0.1, -0.05) is 6.92 Å². The zero-order chi connectivity index (χ0) is 15.8. The Morgan fingerprint density at radius 2 is 2.10 bits per heavy atom. The van der Waals surface area contributed by atoms with Gasteiger partial charge in [-0.2, -0.15) is 0 Å². The van der Waals surface area contributed by atoms with Gasteiger partial charge in [0.05, 0.1) is 24.1 Å². The predicted molar refractivity (Wildman–Crippen MR) is 80.7 cm³/mol. The molecular weight excluding hydrogens is 274 g/mol. The minimum atomic E-state index is -0.488. The maximum absolute atomic E-state index is 11.6. The van der Waals surface area contributed by atoms with Crippen LogP contribution < -0.4 is 15.4 Å². The molecule has 0 atom stereocenters. The second-order valence-electron chi connectivity index (χ2n) is 4.90. The fourth-order valence-electron chi connectivity index (χ4n) is 1.65. The van der Waals surface area contributed by atoms with Gasteiger partial charge in [-0.25, -0.2) is 0 Å². The van der Waals surface area contributed by atoms with E-state index in [-0.39, 0.29) is 24.2 Å². The molecule has 1 aromatic carbocycles. The summed E-state index contributed by atoms with van der Waals surface area (Å²) in [5, 5.41) is 16.5. The van der Waals surface area contributed by atoms with E-state index in [0.29, 0.717) is 18.0 Å². The lowest BCUT2D eigenvalue weighted by atomic mass is 10.2. The van der Waals surface area contributed by atoms with Crippen LogP contribution in [0.25, 0.3) is 0 Å². The zero-order valence-corrected chi connectivity index (χ0v) is 12.5. The van der Waals surface area contributed by atoms with Crippen molar-refractivity contribution in [2.75, 3.05) is 18.5 Å². The molecule has 0 aliphatic carbocycles. The maximum atomic E-state index is 11.6. The molecule has 7 heteroatoms. The molecule has 7 nitrogen and oxygen atoms in total. The number of hydrogen-bond acceptors (Lipinski definition) is 5. The molecule has 1 rings (SSSR count). The number of carbonyl (C=O) groups excluding carboxylic acids is 1. The van der Waals surface area contributed by atoms with Crippen molar-refractivity contribution < 1.29 is 14.5 Å². The van der Waals surface area contributed by atoms with Crippen LogP contribution in [0.15, 0.2) is 18.2 Å². The SMILES string of the molecule is CCCOc1cc(NCC(=O)NC(C)C)cc([N+](=O)[O-])c1. The predicted octanol–water partition coefficient (Wildman–Crippen LogP) is 2.32. The van der Waals surface area contributed by atoms with E-state index in [0.717, 1.165) is 6.42 Å². The Kier molecular flexibility index (Phi) is 6.45. The molecule has 0 unspecified atom stereocenters. The third-order valence-corrected chi connectivity index (χ3v) is 2.48. The van der Waals surface area contributed by atoms with Gasteiger partial charge in [-0.3, -0.25) is 14.9 Å². The van der Waals surface area contributed by atoms with Crippen LogP contribution in [-0.4, -0.2) is 30.0 Å². The van der Waals surface area contributed by atoms with Crippen LogP contribution in [0.5, 0.6) is 5.75 Å². The number of rotatable bonds is 8. The first-order valence-corrected chi connectivity index (χ1v) is 6.88. The molecule has 0 spiro atoms. The summed E-state index contributed by atoms with van der Waals surface area (Å²) in [7, 11) is 0. The average molecular weight is 295 g/mol. The molecule has 0 fully saturated rings. The Hall–Kier alpha value is -2.31. The Balaban J connectivity index is 2.77. The van der Waals surface area contributed by atoms with E-state index in [2.05, 4.69) is 10.6 Å². The summed E-state index contributed by atoms with van der Waals surface area (Å²) < 4.78 is 5.41. The molecule has 0 aliphatic rings. The van der Waals surface area contributed by atoms with Gasteiger partial charge in [0.15, 0.2) is 0 Å². The third-order valence-electron chi connectivity index (χ3n) is 2.48. The molecule has 2 N–H and O–H groups in total. The summed E-state index contributed by atoms with van der Waals surface area (Å²) in [6, 6.07) is 4.44. The van der Waals surface area contributed by atoms with Crippen molar-refractivity contribution in [1.82, 2.24) is 5.32 Å². The van der Waals surface area contributed by atoms with Crippen molar-refractivity contribution in [3.05, 3.63) is 28.3 Å². The van der Waals surface area contributed by atoms with Crippen molar-refractivity contribution in [2.24, 2.45) is 0 Å². The van der Waals surface area contributed by atoms with Gasteiger partial charge in [0, 0.05) is 23.9 Å². The fraction of sp³-hybridized carbons (Fsp3) is 0.500. The molecule has 0 saturated carbocycles. The molecule has 0 radical (unpaired) electrons. The third kappa shape index (κ3) is 6.11. The van der Waals surface area contributed by atoms with Crippen molar-refractivity contribution in [3.8, 4) is 5.75 Å². The summed E-state index contributed by atoms with van der Waals surface area (Å²) in [6.45, 7) is 6.21. The minimum Gasteiger partial charge on any atom is -0.493 e. The number of hydrogen-bond donors (Lipinski definition) is 2. The Morgan fingerprint density at radius 1 is 1.38 bits per heavy atom. The highest BCUT2D eigenvalue weighted by Gasteiger charge is 2.11. The maximum Gasteiger partial charge on any atom is 0.275 e. The van der Waals surface area contributed by atoms with Crippen LogP contribution in [-0.2, 0) is 4.79 Å². The lowest BCUT2D eigenvalue weighted by molar-refractivity contribution is -0.384. The van der Waals surface area contributed by atoms with Crippen LogP contribution in [0.3, 0.4) is 0 Å². The zero-order valence-electron chi connectivity index (χ0n) is 12.5. The standard InChI is InChI=1S/C14H21N3O4/c1-4-5-21-13-7-11(6-12(8-13)17(19)20)15-9-14(18)16-10(2)3/h6-8,10,15H,4-5,9H2,1-3H3,(H,16,18). The van der Waals surface area contributed by atoms with Gasteiger partial charge >= 0.3 is 0 Å². The monoisotopic (exact) mass is 295 g/mol.